The van der Waals surface area contributed by atoms with Crippen LogP contribution in [0.2, 0.25) is 0 Å². The fourth-order valence-corrected chi connectivity index (χ4v) is 3.60. The molecule has 5 heteroatoms. The van der Waals surface area contributed by atoms with Crippen LogP contribution in [-0.4, -0.2) is 43.2 Å². The molecule has 1 unspecified atom stereocenters. The van der Waals surface area contributed by atoms with Gasteiger partial charge in [-0.1, -0.05) is 18.2 Å². The topological polar surface area (TPSA) is 45.7 Å². The first-order valence-electron chi connectivity index (χ1n) is 8.45. The third-order valence-electron chi connectivity index (χ3n) is 4.75. The number of carbonyl (C=O) groups is 1. The molecule has 0 N–H and O–H groups in total. The summed E-state index contributed by atoms with van der Waals surface area (Å²) in [4.78, 5) is 21.9. The predicted molar refractivity (Wildman–Crippen MR) is 93.7 cm³/mol. The summed E-state index contributed by atoms with van der Waals surface area (Å²) in [5.41, 5.74) is 2.92. The van der Waals surface area contributed by atoms with Crippen molar-refractivity contribution >= 4 is 17.4 Å². The summed E-state index contributed by atoms with van der Waals surface area (Å²) in [7, 11) is 0. The number of fused-ring (bicyclic) bond motifs is 1. The monoisotopic (exact) mass is 323 g/mol. The molecule has 124 valence electrons. The number of para-hydroxylation sites is 1. The predicted octanol–water partition coefficient (Wildman–Crippen LogP) is 2.51. The SMILES string of the molecule is CC1Cc2ccccc2N1C(=O)c1cccnc1N1CCOCC1. The van der Waals surface area contributed by atoms with Gasteiger partial charge in [-0.05, 0) is 37.1 Å². The number of nitrogens with zero attached hydrogens (tertiary/aromatic N) is 3. The number of carbonyl (C=O) groups excluding carboxylic acids is 1. The summed E-state index contributed by atoms with van der Waals surface area (Å²) in [6.07, 6.45) is 2.65. The number of anilines is 2. The van der Waals surface area contributed by atoms with Crippen molar-refractivity contribution < 1.29 is 9.53 Å². The van der Waals surface area contributed by atoms with Gasteiger partial charge >= 0.3 is 0 Å². The van der Waals surface area contributed by atoms with Gasteiger partial charge in [-0.3, -0.25) is 4.79 Å². The first kappa shape index (κ1) is 15.1. The Balaban J connectivity index is 1.70. The summed E-state index contributed by atoms with van der Waals surface area (Å²) in [6.45, 7) is 4.98. The van der Waals surface area contributed by atoms with Crippen molar-refractivity contribution in [2.75, 3.05) is 36.1 Å². The molecule has 3 heterocycles. The van der Waals surface area contributed by atoms with Crippen LogP contribution in [0.5, 0.6) is 0 Å². The van der Waals surface area contributed by atoms with Crippen LogP contribution in [0.15, 0.2) is 42.6 Å². The van der Waals surface area contributed by atoms with Gasteiger partial charge in [-0.25, -0.2) is 4.98 Å². The smallest absolute Gasteiger partial charge is 0.262 e. The zero-order chi connectivity index (χ0) is 16.5. The highest BCUT2D eigenvalue weighted by Crippen LogP contribution is 2.34. The Morgan fingerprint density at radius 1 is 1.17 bits per heavy atom. The second-order valence-electron chi connectivity index (χ2n) is 6.33. The minimum atomic E-state index is 0.0297. The number of hydrogen-bond donors (Lipinski definition) is 0. The van der Waals surface area contributed by atoms with Gasteiger partial charge in [0.05, 0.1) is 18.8 Å². The van der Waals surface area contributed by atoms with E-state index in [1.165, 1.54) is 5.56 Å². The summed E-state index contributed by atoms with van der Waals surface area (Å²) < 4.78 is 5.42. The molecule has 1 aromatic heterocycles. The average Bonchev–Trinajstić information content (AvgIpc) is 2.97. The Kier molecular flexibility index (Phi) is 3.94. The number of morpholine rings is 1. The van der Waals surface area contributed by atoms with Crippen molar-refractivity contribution in [2.45, 2.75) is 19.4 Å². The van der Waals surface area contributed by atoms with E-state index < -0.39 is 0 Å². The number of pyridine rings is 1. The van der Waals surface area contributed by atoms with Crippen molar-refractivity contribution in [1.82, 2.24) is 4.98 Å². The van der Waals surface area contributed by atoms with Gasteiger partial charge in [0.2, 0.25) is 0 Å². The lowest BCUT2D eigenvalue weighted by Crippen LogP contribution is -2.40. The second-order valence-corrected chi connectivity index (χ2v) is 6.33. The van der Waals surface area contributed by atoms with E-state index in [-0.39, 0.29) is 11.9 Å². The molecule has 0 radical (unpaired) electrons. The van der Waals surface area contributed by atoms with E-state index in [1.807, 2.05) is 35.2 Å². The first-order chi connectivity index (χ1) is 11.8. The number of ether oxygens (including phenoxy) is 1. The van der Waals surface area contributed by atoms with Crippen molar-refractivity contribution in [1.29, 1.82) is 0 Å². The average molecular weight is 323 g/mol. The molecular weight excluding hydrogens is 302 g/mol. The number of hydrogen-bond acceptors (Lipinski definition) is 4. The molecule has 1 atom stereocenters. The molecule has 4 rings (SSSR count). The Morgan fingerprint density at radius 3 is 2.79 bits per heavy atom. The molecule has 5 nitrogen and oxygen atoms in total. The van der Waals surface area contributed by atoms with E-state index in [1.54, 1.807) is 6.20 Å². The van der Waals surface area contributed by atoms with Crippen LogP contribution >= 0.6 is 0 Å². The largest absolute Gasteiger partial charge is 0.378 e. The minimum absolute atomic E-state index is 0.0297. The molecule has 0 saturated carbocycles. The lowest BCUT2D eigenvalue weighted by molar-refractivity contribution is 0.0979. The zero-order valence-corrected chi connectivity index (χ0v) is 13.8. The van der Waals surface area contributed by atoms with Gasteiger partial charge in [0, 0.05) is 31.0 Å². The third-order valence-corrected chi connectivity index (χ3v) is 4.75. The van der Waals surface area contributed by atoms with E-state index in [0.717, 1.165) is 31.0 Å². The van der Waals surface area contributed by atoms with Crippen LogP contribution in [0.4, 0.5) is 11.5 Å². The Bertz CT molecular complexity index is 756. The molecule has 24 heavy (non-hydrogen) atoms. The summed E-state index contributed by atoms with van der Waals surface area (Å²) in [5, 5.41) is 0. The third kappa shape index (κ3) is 2.55. The number of rotatable bonds is 2. The number of amides is 1. The van der Waals surface area contributed by atoms with E-state index in [9.17, 15) is 4.79 Å². The van der Waals surface area contributed by atoms with E-state index in [0.29, 0.717) is 18.8 Å². The van der Waals surface area contributed by atoms with Gasteiger partial charge in [0.15, 0.2) is 0 Å². The molecule has 0 bridgehead atoms. The summed E-state index contributed by atoms with van der Waals surface area (Å²) >= 11 is 0. The van der Waals surface area contributed by atoms with Crippen LogP contribution in [0.3, 0.4) is 0 Å². The number of aromatic nitrogens is 1. The lowest BCUT2D eigenvalue weighted by atomic mass is 10.1. The number of benzene rings is 1. The standard InChI is InChI=1S/C19H21N3O2/c1-14-13-15-5-2-3-7-17(15)22(14)19(23)16-6-4-8-20-18(16)21-9-11-24-12-10-21/h2-8,14H,9-13H2,1H3. The highest BCUT2D eigenvalue weighted by molar-refractivity contribution is 6.10. The first-order valence-corrected chi connectivity index (χ1v) is 8.45. The maximum absolute atomic E-state index is 13.3. The molecule has 2 aliphatic rings. The quantitative estimate of drug-likeness (QED) is 0.852. The van der Waals surface area contributed by atoms with Crippen LogP contribution in [0.1, 0.15) is 22.8 Å². The Labute approximate surface area is 141 Å². The highest BCUT2D eigenvalue weighted by atomic mass is 16.5. The second kappa shape index (κ2) is 6.24. The normalized spacial score (nSPS) is 20.1. The Hall–Kier alpha value is -2.40. The lowest BCUT2D eigenvalue weighted by Gasteiger charge is -2.30. The van der Waals surface area contributed by atoms with Gasteiger partial charge < -0.3 is 14.5 Å². The fourth-order valence-electron chi connectivity index (χ4n) is 3.60. The van der Waals surface area contributed by atoms with Crippen molar-refractivity contribution in [3.05, 3.63) is 53.7 Å². The van der Waals surface area contributed by atoms with Gasteiger partial charge in [-0.15, -0.1) is 0 Å². The molecule has 1 amide bonds. The van der Waals surface area contributed by atoms with E-state index >= 15 is 0 Å². The van der Waals surface area contributed by atoms with Crippen LogP contribution < -0.4 is 9.80 Å². The molecule has 0 aliphatic carbocycles. The van der Waals surface area contributed by atoms with Crippen LogP contribution in [0, 0.1) is 0 Å². The van der Waals surface area contributed by atoms with Gasteiger partial charge in [0.1, 0.15) is 5.82 Å². The summed E-state index contributed by atoms with van der Waals surface area (Å²) in [5.74, 6) is 0.796. The molecule has 1 saturated heterocycles. The molecular formula is C19H21N3O2. The van der Waals surface area contributed by atoms with Gasteiger partial charge in [0.25, 0.3) is 5.91 Å². The van der Waals surface area contributed by atoms with Crippen molar-refractivity contribution in [3.63, 3.8) is 0 Å². The van der Waals surface area contributed by atoms with Crippen LogP contribution in [0.25, 0.3) is 0 Å². The molecule has 2 aromatic rings. The van der Waals surface area contributed by atoms with Gasteiger partial charge in [-0.2, -0.15) is 0 Å². The fraction of sp³-hybridized carbons (Fsp3) is 0.368. The summed E-state index contributed by atoms with van der Waals surface area (Å²) in [6, 6.07) is 12.0. The van der Waals surface area contributed by atoms with E-state index in [4.69, 9.17) is 4.74 Å². The molecule has 2 aliphatic heterocycles. The molecule has 0 spiro atoms. The maximum atomic E-state index is 13.3. The van der Waals surface area contributed by atoms with Crippen molar-refractivity contribution in [2.24, 2.45) is 0 Å². The van der Waals surface area contributed by atoms with E-state index in [2.05, 4.69) is 22.9 Å². The zero-order valence-electron chi connectivity index (χ0n) is 13.8. The molecule has 1 fully saturated rings. The minimum Gasteiger partial charge on any atom is -0.378 e. The highest BCUT2D eigenvalue weighted by Gasteiger charge is 2.33. The van der Waals surface area contributed by atoms with Crippen molar-refractivity contribution in [3.8, 4) is 0 Å². The Morgan fingerprint density at radius 2 is 1.96 bits per heavy atom. The maximum Gasteiger partial charge on any atom is 0.262 e. The van der Waals surface area contributed by atoms with Crippen LogP contribution in [-0.2, 0) is 11.2 Å². The molecule has 1 aromatic carbocycles.